The zero-order valence-electron chi connectivity index (χ0n) is 14.3. The predicted molar refractivity (Wildman–Crippen MR) is 102 cm³/mol. The fourth-order valence-corrected chi connectivity index (χ4v) is 7.15. The van der Waals surface area contributed by atoms with E-state index >= 15 is 0 Å². The van der Waals surface area contributed by atoms with E-state index in [1.54, 1.807) is 0 Å². The number of benzene rings is 2. The molecule has 128 valence electrons. The third-order valence-corrected chi connectivity index (χ3v) is 9.06. The maximum Gasteiger partial charge on any atom is 0.148 e. The number of aliphatic hydroxyl groups is 1. The van der Waals surface area contributed by atoms with Crippen molar-refractivity contribution in [1.29, 1.82) is 0 Å². The first kappa shape index (κ1) is 17.5. The van der Waals surface area contributed by atoms with Gasteiger partial charge in [0.15, 0.2) is 0 Å². The molecule has 0 aromatic heterocycles. The molecule has 1 aliphatic carbocycles. The molecular weight excluding hydrogens is 315 g/mol. The summed E-state index contributed by atoms with van der Waals surface area (Å²) in [5, 5.41) is 12.7. The lowest BCUT2D eigenvalue weighted by Gasteiger charge is -2.35. The molecule has 2 atom stereocenters. The topological polar surface area (TPSA) is 37.3 Å². The molecule has 2 nitrogen and oxygen atoms in total. The summed E-state index contributed by atoms with van der Waals surface area (Å²) >= 11 is 0. The van der Waals surface area contributed by atoms with Gasteiger partial charge in [-0.05, 0) is 18.8 Å². The molecule has 0 bridgehead atoms. The van der Waals surface area contributed by atoms with E-state index < -0.39 is 13.2 Å². The van der Waals surface area contributed by atoms with Crippen LogP contribution in [-0.4, -0.2) is 16.9 Å². The summed E-state index contributed by atoms with van der Waals surface area (Å²) < 4.78 is 14.2. The van der Waals surface area contributed by atoms with Gasteiger partial charge >= 0.3 is 0 Å². The monoisotopic (exact) mass is 342 g/mol. The van der Waals surface area contributed by atoms with Crippen molar-refractivity contribution in [1.82, 2.24) is 0 Å². The molecule has 1 saturated carbocycles. The highest BCUT2D eigenvalue weighted by molar-refractivity contribution is 7.79. The molecule has 1 aliphatic rings. The largest absolute Gasteiger partial charge is 0.392 e. The maximum absolute atomic E-state index is 14.2. The summed E-state index contributed by atoms with van der Waals surface area (Å²) in [6, 6.07) is 19.4. The Morgan fingerprint density at radius 3 is 1.79 bits per heavy atom. The Kier molecular flexibility index (Phi) is 5.58. The second-order valence-corrected chi connectivity index (χ2v) is 10.1. The van der Waals surface area contributed by atoms with Gasteiger partial charge in [-0.3, -0.25) is 0 Å². The van der Waals surface area contributed by atoms with Gasteiger partial charge in [0.1, 0.15) is 7.14 Å². The SMILES string of the molecule is C[C@@H]([C@H](O)C1CCCCC1)P(=O)(c1ccccc1)c1ccccc1. The normalized spacial score (nSPS) is 18.9. The molecule has 0 aliphatic heterocycles. The van der Waals surface area contributed by atoms with Gasteiger partial charge in [-0.25, -0.2) is 0 Å². The van der Waals surface area contributed by atoms with E-state index in [1.165, 1.54) is 19.3 Å². The first-order chi connectivity index (χ1) is 11.6. The van der Waals surface area contributed by atoms with E-state index in [0.717, 1.165) is 23.5 Å². The Bertz CT molecular complexity index is 634. The van der Waals surface area contributed by atoms with Crippen LogP contribution in [0.5, 0.6) is 0 Å². The summed E-state index contributed by atoms with van der Waals surface area (Å²) in [6.45, 7) is 1.97. The minimum Gasteiger partial charge on any atom is -0.392 e. The van der Waals surface area contributed by atoms with Gasteiger partial charge in [-0.15, -0.1) is 0 Å². The van der Waals surface area contributed by atoms with Gasteiger partial charge in [0.25, 0.3) is 0 Å². The molecule has 2 aromatic rings. The molecule has 0 heterocycles. The highest BCUT2D eigenvalue weighted by Crippen LogP contribution is 2.51. The summed E-state index contributed by atoms with van der Waals surface area (Å²) in [5.41, 5.74) is -0.273. The lowest BCUT2D eigenvalue weighted by Crippen LogP contribution is -2.38. The van der Waals surface area contributed by atoms with Crippen molar-refractivity contribution >= 4 is 17.8 Å². The van der Waals surface area contributed by atoms with Crippen LogP contribution in [-0.2, 0) is 4.57 Å². The van der Waals surface area contributed by atoms with E-state index in [2.05, 4.69) is 0 Å². The summed E-state index contributed by atoms with van der Waals surface area (Å²) in [7, 11) is -2.89. The summed E-state index contributed by atoms with van der Waals surface area (Å²) in [4.78, 5) is 0. The van der Waals surface area contributed by atoms with Gasteiger partial charge in [-0.2, -0.15) is 0 Å². The maximum atomic E-state index is 14.2. The number of rotatable bonds is 5. The van der Waals surface area contributed by atoms with Gasteiger partial charge in [0.05, 0.1) is 6.10 Å². The Labute approximate surface area is 145 Å². The van der Waals surface area contributed by atoms with Crippen LogP contribution in [0.3, 0.4) is 0 Å². The second kappa shape index (κ2) is 7.68. The van der Waals surface area contributed by atoms with Gasteiger partial charge in [0, 0.05) is 16.3 Å². The molecule has 0 spiro atoms. The lowest BCUT2D eigenvalue weighted by molar-refractivity contribution is 0.0840. The van der Waals surface area contributed by atoms with Crippen molar-refractivity contribution in [2.45, 2.75) is 50.8 Å². The number of hydrogen-bond acceptors (Lipinski definition) is 2. The van der Waals surface area contributed by atoms with Crippen molar-refractivity contribution in [3.05, 3.63) is 60.7 Å². The smallest absolute Gasteiger partial charge is 0.148 e. The van der Waals surface area contributed by atoms with Crippen LogP contribution in [0.25, 0.3) is 0 Å². The quantitative estimate of drug-likeness (QED) is 0.821. The average Bonchev–Trinajstić information content (AvgIpc) is 2.68. The highest BCUT2D eigenvalue weighted by Gasteiger charge is 2.40. The molecule has 1 fully saturated rings. The third-order valence-electron chi connectivity index (χ3n) is 5.48. The van der Waals surface area contributed by atoms with E-state index in [-0.39, 0.29) is 11.6 Å². The average molecular weight is 342 g/mol. The Hall–Kier alpha value is -1.37. The van der Waals surface area contributed by atoms with Crippen molar-refractivity contribution in [3.8, 4) is 0 Å². The molecule has 24 heavy (non-hydrogen) atoms. The summed E-state index contributed by atoms with van der Waals surface area (Å²) in [6.07, 6.45) is 5.19. The molecule has 0 unspecified atom stereocenters. The molecule has 0 saturated heterocycles. The minimum atomic E-state index is -2.89. The van der Waals surface area contributed by atoms with Crippen LogP contribution in [0.2, 0.25) is 0 Å². The Morgan fingerprint density at radius 2 is 1.33 bits per heavy atom. The molecule has 3 rings (SSSR count). The van der Waals surface area contributed by atoms with E-state index in [1.807, 2.05) is 67.6 Å². The zero-order chi connectivity index (χ0) is 17.0. The highest BCUT2D eigenvalue weighted by atomic mass is 31.2. The van der Waals surface area contributed by atoms with Crippen molar-refractivity contribution in [2.24, 2.45) is 5.92 Å². The van der Waals surface area contributed by atoms with Gasteiger partial charge in [-0.1, -0.05) is 86.8 Å². The fourth-order valence-electron chi connectivity index (χ4n) is 4.00. The number of hydrogen-bond donors (Lipinski definition) is 1. The molecule has 0 amide bonds. The zero-order valence-corrected chi connectivity index (χ0v) is 15.2. The minimum absolute atomic E-state index is 0.273. The fraction of sp³-hybridized carbons (Fsp3) is 0.429. The predicted octanol–water partition coefficient (Wildman–Crippen LogP) is 4.33. The Balaban J connectivity index is 2.00. The van der Waals surface area contributed by atoms with Crippen LogP contribution >= 0.6 is 7.14 Å². The van der Waals surface area contributed by atoms with Crippen LogP contribution < -0.4 is 10.6 Å². The molecule has 0 radical (unpaired) electrons. The molecular formula is C21H27O2P. The van der Waals surface area contributed by atoms with Crippen LogP contribution in [0.1, 0.15) is 39.0 Å². The van der Waals surface area contributed by atoms with Crippen LogP contribution in [0, 0.1) is 5.92 Å². The van der Waals surface area contributed by atoms with Crippen LogP contribution in [0.15, 0.2) is 60.7 Å². The van der Waals surface area contributed by atoms with Gasteiger partial charge < -0.3 is 9.67 Å². The number of aliphatic hydroxyl groups excluding tert-OH is 1. The third kappa shape index (κ3) is 3.36. The lowest BCUT2D eigenvalue weighted by atomic mass is 9.84. The van der Waals surface area contributed by atoms with E-state index in [4.69, 9.17) is 0 Å². The van der Waals surface area contributed by atoms with Gasteiger partial charge in [0.2, 0.25) is 0 Å². The standard InChI is InChI=1S/C21H27O2P/c1-17(21(22)18-11-5-2-6-12-18)24(23,19-13-7-3-8-14-19)20-15-9-4-10-16-20/h3-4,7-10,13-18,21-22H,2,5-6,11-12H2,1H3/t17-,21-/m0/s1. The first-order valence-electron chi connectivity index (χ1n) is 9.03. The van der Waals surface area contributed by atoms with E-state index in [9.17, 15) is 9.67 Å². The summed E-state index contributed by atoms with van der Waals surface area (Å²) in [5.74, 6) is 0.273. The first-order valence-corrected chi connectivity index (χ1v) is 10.8. The molecule has 1 N–H and O–H groups in total. The van der Waals surface area contributed by atoms with Crippen molar-refractivity contribution in [3.63, 3.8) is 0 Å². The van der Waals surface area contributed by atoms with Crippen molar-refractivity contribution < 1.29 is 9.67 Å². The molecule has 3 heteroatoms. The van der Waals surface area contributed by atoms with Crippen molar-refractivity contribution in [2.75, 3.05) is 0 Å². The second-order valence-electron chi connectivity index (χ2n) is 6.96. The molecule has 2 aromatic carbocycles. The Morgan fingerprint density at radius 1 is 0.875 bits per heavy atom. The van der Waals surface area contributed by atoms with E-state index in [0.29, 0.717) is 0 Å². The van der Waals surface area contributed by atoms with Crippen LogP contribution in [0.4, 0.5) is 0 Å².